The third-order valence-electron chi connectivity index (χ3n) is 6.45. The summed E-state index contributed by atoms with van der Waals surface area (Å²) in [6.07, 6.45) is 1.44. The van der Waals surface area contributed by atoms with Gasteiger partial charge in [0.2, 0.25) is 5.91 Å². The molecule has 2 heterocycles. The summed E-state index contributed by atoms with van der Waals surface area (Å²) in [6.45, 7) is 3.92. The van der Waals surface area contributed by atoms with Crippen molar-refractivity contribution >= 4 is 22.6 Å². The van der Waals surface area contributed by atoms with Crippen molar-refractivity contribution in [3.05, 3.63) is 84.2 Å². The van der Waals surface area contributed by atoms with E-state index in [1.165, 1.54) is 5.56 Å². The first kappa shape index (κ1) is 22.0. The molecule has 34 heavy (non-hydrogen) atoms. The van der Waals surface area contributed by atoms with Gasteiger partial charge < -0.3 is 18.9 Å². The molecule has 1 aliphatic rings. The van der Waals surface area contributed by atoms with E-state index in [2.05, 4.69) is 29.7 Å². The van der Waals surface area contributed by atoms with Crippen molar-refractivity contribution in [1.82, 2.24) is 9.55 Å². The van der Waals surface area contributed by atoms with E-state index < -0.39 is 0 Å². The van der Waals surface area contributed by atoms with E-state index in [9.17, 15) is 4.79 Å². The molecule has 6 nitrogen and oxygen atoms in total. The number of ether oxygens (including phenoxy) is 2. The van der Waals surface area contributed by atoms with Crippen molar-refractivity contribution < 1.29 is 14.3 Å². The Morgan fingerprint density at radius 1 is 1.00 bits per heavy atom. The molecule has 5 rings (SSSR count). The zero-order valence-electron chi connectivity index (χ0n) is 19.6. The molecule has 3 aromatic carbocycles. The molecule has 0 aliphatic carbocycles. The molecule has 0 bridgehead atoms. The molecule has 1 atom stereocenters. The number of rotatable bonds is 8. The lowest BCUT2D eigenvalue weighted by atomic mass is 10.1. The number of imidazole rings is 1. The maximum absolute atomic E-state index is 13.0. The van der Waals surface area contributed by atoms with Crippen molar-refractivity contribution in [1.29, 1.82) is 0 Å². The fourth-order valence-electron chi connectivity index (χ4n) is 4.63. The lowest BCUT2D eigenvalue weighted by molar-refractivity contribution is -0.117. The van der Waals surface area contributed by atoms with Gasteiger partial charge in [-0.1, -0.05) is 37.3 Å². The van der Waals surface area contributed by atoms with Crippen molar-refractivity contribution in [2.75, 3.05) is 25.2 Å². The highest BCUT2D eigenvalue weighted by Gasteiger charge is 2.35. The zero-order valence-corrected chi connectivity index (χ0v) is 19.6. The number of carbonyl (C=O) groups excluding carboxylic acids is 1. The van der Waals surface area contributed by atoms with Crippen LogP contribution in [0.3, 0.4) is 0 Å². The molecule has 0 saturated carbocycles. The zero-order chi connectivity index (χ0) is 23.5. The van der Waals surface area contributed by atoms with Crippen LogP contribution in [0, 0.1) is 0 Å². The third-order valence-corrected chi connectivity index (χ3v) is 6.45. The Bertz CT molecular complexity index is 1300. The Balaban J connectivity index is 1.37. The summed E-state index contributed by atoms with van der Waals surface area (Å²) in [5.74, 6) is 2.65. The molecule has 0 radical (unpaired) electrons. The molecule has 1 amide bonds. The van der Waals surface area contributed by atoms with Gasteiger partial charge >= 0.3 is 0 Å². The predicted octanol–water partition coefficient (Wildman–Crippen LogP) is 5.21. The summed E-state index contributed by atoms with van der Waals surface area (Å²) in [6, 6.07) is 24.0. The quantitative estimate of drug-likeness (QED) is 0.366. The van der Waals surface area contributed by atoms with Gasteiger partial charge in [0, 0.05) is 30.6 Å². The number of methoxy groups -OCH3 is 1. The van der Waals surface area contributed by atoms with Gasteiger partial charge in [-0.3, -0.25) is 4.79 Å². The summed E-state index contributed by atoms with van der Waals surface area (Å²) >= 11 is 0. The van der Waals surface area contributed by atoms with Gasteiger partial charge in [-0.15, -0.1) is 0 Å². The van der Waals surface area contributed by atoms with Gasteiger partial charge in [0.15, 0.2) is 0 Å². The molecule has 0 N–H and O–H groups in total. The number of hydrogen-bond acceptors (Lipinski definition) is 4. The lowest BCUT2D eigenvalue weighted by Gasteiger charge is -2.18. The van der Waals surface area contributed by atoms with Gasteiger partial charge in [-0.2, -0.15) is 0 Å². The van der Waals surface area contributed by atoms with E-state index in [0.717, 1.165) is 40.5 Å². The van der Waals surface area contributed by atoms with Crippen LogP contribution in [0.4, 0.5) is 5.69 Å². The number of hydrogen-bond donors (Lipinski definition) is 0. The monoisotopic (exact) mass is 455 g/mol. The van der Waals surface area contributed by atoms with Gasteiger partial charge in [0.05, 0.1) is 24.7 Å². The molecule has 6 heteroatoms. The molecule has 1 fully saturated rings. The second kappa shape index (κ2) is 9.59. The number of anilines is 1. The van der Waals surface area contributed by atoms with Gasteiger partial charge in [-0.25, -0.2) is 4.98 Å². The van der Waals surface area contributed by atoms with E-state index in [0.29, 0.717) is 26.1 Å². The highest BCUT2D eigenvalue weighted by molar-refractivity contribution is 5.96. The Hall–Kier alpha value is -3.80. The second-order valence-corrected chi connectivity index (χ2v) is 8.56. The highest BCUT2D eigenvalue weighted by atomic mass is 16.5. The smallest absolute Gasteiger partial charge is 0.227 e. The Morgan fingerprint density at radius 2 is 1.82 bits per heavy atom. The fraction of sp³-hybridized carbons (Fsp3) is 0.286. The van der Waals surface area contributed by atoms with Crippen LogP contribution in [0.1, 0.15) is 30.7 Å². The third kappa shape index (κ3) is 4.36. The van der Waals surface area contributed by atoms with E-state index >= 15 is 0 Å². The predicted molar refractivity (Wildman–Crippen MR) is 134 cm³/mol. The number of carbonyl (C=O) groups is 1. The van der Waals surface area contributed by atoms with Crippen molar-refractivity contribution in [3.63, 3.8) is 0 Å². The highest BCUT2D eigenvalue weighted by Crippen LogP contribution is 2.34. The minimum absolute atomic E-state index is 0.00920. The number of benzene rings is 3. The standard InChI is InChI=1S/C28H29N3O3/c1-3-20-11-13-23(14-12-20)34-16-15-30-26-10-5-4-9-25(26)29-28(30)21-17-27(32)31(19-21)22-7-6-8-24(18-22)33-2/h4-14,18,21H,3,15-17,19H2,1-2H3/t21-/m1/s1. The van der Waals surface area contributed by atoms with Crippen LogP contribution in [0.15, 0.2) is 72.8 Å². The fourth-order valence-corrected chi connectivity index (χ4v) is 4.63. The number of aromatic nitrogens is 2. The van der Waals surface area contributed by atoms with Crippen LogP contribution in [0.5, 0.6) is 11.5 Å². The SMILES string of the molecule is CCc1ccc(OCCn2c([C@@H]3CC(=O)N(c4cccc(OC)c4)C3)nc3ccccc32)cc1. The molecule has 4 aromatic rings. The molecule has 174 valence electrons. The Kier molecular flexibility index (Phi) is 6.21. The molecule has 0 spiro atoms. The average molecular weight is 456 g/mol. The van der Waals surface area contributed by atoms with Crippen molar-refractivity contribution in [3.8, 4) is 11.5 Å². The average Bonchev–Trinajstić information content (AvgIpc) is 3.45. The number of amides is 1. The van der Waals surface area contributed by atoms with Gasteiger partial charge in [0.1, 0.15) is 23.9 Å². The minimum atomic E-state index is 0.00920. The molecule has 1 saturated heterocycles. The number of nitrogens with zero attached hydrogens (tertiary/aromatic N) is 3. The van der Waals surface area contributed by atoms with Crippen molar-refractivity contribution in [2.24, 2.45) is 0 Å². The van der Waals surface area contributed by atoms with Crippen LogP contribution in [-0.4, -0.2) is 35.7 Å². The topological polar surface area (TPSA) is 56.6 Å². The lowest BCUT2D eigenvalue weighted by Crippen LogP contribution is -2.24. The maximum Gasteiger partial charge on any atom is 0.227 e. The molecular weight excluding hydrogens is 426 g/mol. The van der Waals surface area contributed by atoms with E-state index in [1.54, 1.807) is 7.11 Å². The summed E-state index contributed by atoms with van der Waals surface area (Å²) in [5.41, 5.74) is 4.15. The molecule has 0 unspecified atom stereocenters. The summed E-state index contributed by atoms with van der Waals surface area (Å²) in [5, 5.41) is 0. The number of fused-ring (bicyclic) bond motifs is 1. The number of aryl methyl sites for hydroxylation is 1. The van der Waals surface area contributed by atoms with Crippen molar-refractivity contribution in [2.45, 2.75) is 32.2 Å². The largest absolute Gasteiger partial charge is 0.497 e. The Morgan fingerprint density at radius 3 is 2.62 bits per heavy atom. The summed E-state index contributed by atoms with van der Waals surface area (Å²) in [7, 11) is 1.64. The number of para-hydroxylation sites is 2. The van der Waals surface area contributed by atoms with Gasteiger partial charge in [-0.05, 0) is 48.4 Å². The summed E-state index contributed by atoms with van der Waals surface area (Å²) < 4.78 is 13.6. The van der Waals surface area contributed by atoms with Crippen LogP contribution in [0.2, 0.25) is 0 Å². The first-order valence-electron chi connectivity index (χ1n) is 11.8. The van der Waals surface area contributed by atoms with E-state index in [1.807, 2.05) is 59.5 Å². The first-order chi connectivity index (χ1) is 16.7. The normalized spacial score (nSPS) is 15.8. The van der Waals surface area contributed by atoms with Crippen LogP contribution < -0.4 is 14.4 Å². The van der Waals surface area contributed by atoms with Crippen LogP contribution in [-0.2, 0) is 17.8 Å². The van der Waals surface area contributed by atoms with Gasteiger partial charge in [0.25, 0.3) is 0 Å². The minimum Gasteiger partial charge on any atom is -0.497 e. The molecule has 1 aromatic heterocycles. The maximum atomic E-state index is 13.0. The summed E-state index contributed by atoms with van der Waals surface area (Å²) in [4.78, 5) is 19.7. The molecule has 1 aliphatic heterocycles. The Labute approximate surface area is 199 Å². The van der Waals surface area contributed by atoms with Crippen LogP contribution in [0.25, 0.3) is 11.0 Å². The van der Waals surface area contributed by atoms with E-state index in [-0.39, 0.29) is 11.8 Å². The van der Waals surface area contributed by atoms with E-state index in [4.69, 9.17) is 14.5 Å². The second-order valence-electron chi connectivity index (χ2n) is 8.56. The molecular formula is C28H29N3O3. The van der Waals surface area contributed by atoms with Crippen LogP contribution >= 0.6 is 0 Å². The first-order valence-corrected chi connectivity index (χ1v) is 11.8.